The van der Waals surface area contributed by atoms with Crippen LogP contribution >= 0.6 is 34.4 Å². The second-order valence-electron chi connectivity index (χ2n) is 3.89. The Balaban J connectivity index is 1.71. The molecule has 0 aromatic carbocycles. The molecule has 0 unspecified atom stereocenters. The summed E-state index contributed by atoms with van der Waals surface area (Å²) in [7, 11) is 0. The molecule has 0 aliphatic carbocycles. The maximum absolute atomic E-state index is 11.8. The quantitative estimate of drug-likeness (QED) is 0.798. The van der Waals surface area contributed by atoms with Gasteiger partial charge in [0.2, 0.25) is 5.91 Å². The number of thiophene rings is 1. The molecule has 0 atom stereocenters. The highest BCUT2D eigenvalue weighted by Crippen LogP contribution is 2.22. The Morgan fingerprint density at radius 3 is 3.11 bits per heavy atom. The van der Waals surface area contributed by atoms with Crippen molar-refractivity contribution in [2.45, 2.75) is 24.1 Å². The molecular weight excluding hydrogens is 296 g/mol. The van der Waals surface area contributed by atoms with Gasteiger partial charge >= 0.3 is 0 Å². The van der Waals surface area contributed by atoms with Crippen LogP contribution in [0.2, 0.25) is 0 Å². The van der Waals surface area contributed by atoms with Gasteiger partial charge in [-0.25, -0.2) is 4.98 Å². The fraction of sp³-hybridized carbons (Fsp3) is 0.385. The summed E-state index contributed by atoms with van der Waals surface area (Å²) in [5, 5.41) is 6.96. The van der Waals surface area contributed by atoms with Crippen LogP contribution < -0.4 is 5.32 Å². The van der Waals surface area contributed by atoms with E-state index in [1.807, 2.05) is 11.4 Å². The Kier molecular flexibility index (Phi) is 5.88. The first-order valence-corrected chi connectivity index (χ1v) is 8.88. The van der Waals surface area contributed by atoms with Crippen LogP contribution in [-0.2, 0) is 17.6 Å². The lowest BCUT2D eigenvalue weighted by Gasteiger charge is -2.02. The lowest BCUT2D eigenvalue weighted by Crippen LogP contribution is -2.27. The molecule has 0 aliphatic rings. The van der Waals surface area contributed by atoms with Crippen LogP contribution in [0.3, 0.4) is 0 Å². The van der Waals surface area contributed by atoms with Gasteiger partial charge in [0.15, 0.2) is 0 Å². The number of nitrogens with one attached hydrogen (secondary N) is 1. The fourth-order valence-electron chi connectivity index (χ4n) is 1.57. The number of nitrogens with zero attached hydrogens (tertiary/aromatic N) is 1. The van der Waals surface area contributed by atoms with E-state index >= 15 is 0 Å². The summed E-state index contributed by atoms with van der Waals surface area (Å²) in [4.78, 5) is 17.5. The Hall–Kier alpha value is -0.850. The van der Waals surface area contributed by atoms with Crippen molar-refractivity contribution in [3.05, 3.63) is 33.5 Å². The van der Waals surface area contributed by atoms with Gasteiger partial charge in [0.1, 0.15) is 4.34 Å². The van der Waals surface area contributed by atoms with E-state index in [2.05, 4.69) is 28.7 Å². The normalized spacial score (nSPS) is 10.6. The summed E-state index contributed by atoms with van der Waals surface area (Å²) in [6, 6.07) is 4.12. The maximum atomic E-state index is 11.8. The molecular formula is C13H16N2OS3. The third-order valence-corrected chi connectivity index (χ3v) is 5.30. The smallest absolute Gasteiger partial charge is 0.226 e. The van der Waals surface area contributed by atoms with Crippen LogP contribution in [0.4, 0.5) is 0 Å². The van der Waals surface area contributed by atoms with Crippen LogP contribution in [0.15, 0.2) is 27.2 Å². The number of carbonyl (C=O) groups is 1. The van der Waals surface area contributed by atoms with E-state index < -0.39 is 0 Å². The molecule has 2 heterocycles. The van der Waals surface area contributed by atoms with Gasteiger partial charge in [-0.3, -0.25) is 4.79 Å². The summed E-state index contributed by atoms with van der Waals surface area (Å²) < 4.78 is 1.05. The molecule has 19 heavy (non-hydrogen) atoms. The highest BCUT2D eigenvalue weighted by atomic mass is 32.2. The van der Waals surface area contributed by atoms with Crippen LogP contribution in [-0.4, -0.2) is 23.2 Å². The van der Waals surface area contributed by atoms with Gasteiger partial charge in [0.25, 0.3) is 0 Å². The zero-order valence-electron chi connectivity index (χ0n) is 10.7. The second kappa shape index (κ2) is 7.67. The number of aromatic nitrogens is 1. The summed E-state index contributed by atoms with van der Waals surface area (Å²) in [5.41, 5.74) is 0.870. The van der Waals surface area contributed by atoms with Crippen molar-refractivity contribution in [1.82, 2.24) is 10.3 Å². The number of carbonyl (C=O) groups excluding carboxylic acids is 1. The van der Waals surface area contributed by atoms with Gasteiger partial charge in [0.05, 0.1) is 12.1 Å². The second-order valence-corrected chi connectivity index (χ2v) is 7.30. The summed E-state index contributed by atoms with van der Waals surface area (Å²) >= 11 is 5.05. The van der Waals surface area contributed by atoms with Gasteiger partial charge < -0.3 is 5.32 Å². The van der Waals surface area contributed by atoms with Crippen molar-refractivity contribution in [3.63, 3.8) is 0 Å². The standard InChI is InChI=1S/C13H16N2OS3/c1-2-17-13-15-10(9-19-13)8-12(16)14-6-5-11-4-3-7-18-11/h3-4,7,9H,2,5-6,8H2,1H3,(H,14,16). The van der Waals surface area contributed by atoms with Crippen molar-refractivity contribution in [3.8, 4) is 0 Å². The molecule has 2 rings (SSSR count). The molecule has 2 aromatic rings. The van der Waals surface area contributed by atoms with Crippen LogP contribution in [0.5, 0.6) is 0 Å². The first-order valence-electron chi connectivity index (χ1n) is 6.14. The minimum atomic E-state index is 0.0508. The van der Waals surface area contributed by atoms with Crippen LogP contribution in [0.25, 0.3) is 0 Å². The molecule has 0 saturated carbocycles. The lowest BCUT2D eigenvalue weighted by molar-refractivity contribution is -0.120. The van der Waals surface area contributed by atoms with Crippen molar-refractivity contribution in [2.24, 2.45) is 0 Å². The summed E-state index contributed by atoms with van der Waals surface area (Å²) in [5.74, 6) is 1.06. The van der Waals surface area contributed by atoms with Crippen molar-refractivity contribution in [2.75, 3.05) is 12.3 Å². The molecule has 6 heteroatoms. The summed E-state index contributed by atoms with van der Waals surface area (Å²) in [6.07, 6.45) is 1.28. The fourth-order valence-corrected chi connectivity index (χ4v) is 4.02. The van der Waals surface area contributed by atoms with Gasteiger partial charge in [-0.1, -0.05) is 24.8 Å². The van der Waals surface area contributed by atoms with Crippen molar-refractivity contribution >= 4 is 40.3 Å². The van der Waals surface area contributed by atoms with Crippen molar-refractivity contribution in [1.29, 1.82) is 0 Å². The maximum Gasteiger partial charge on any atom is 0.226 e. The van der Waals surface area contributed by atoms with Gasteiger partial charge in [0, 0.05) is 16.8 Å². The zero-order valence-corrected chi connectivity index (χ0v) is 13.2. The van der Waals surface area contributed by atoms with Gasteiger partial charge in [-0.15, -0.1) is 22.7 Å². The van der Waals surface area contributed by atoms with Gasteiger partial charge in [-0.05, 0) is 23.6 Å². The molecule has 2 aromatic heterocycles. The van der Waals surface area contributed by atoms with E-state index in [0.29, 0.717) is 13.0 Å². The molecule has 3 nitrogen and oxygen atoms in total. The summed E-state index contributed by atoms with van der Waals surface area (Å²) in [6.45, 7) is 2.79. The van der Waals surface area contributed by atoms with E-state index in [9.17, 15) is 4.79 Å². The SMILES string of the molecule is CCSc1nc(CC(=O)NCCc2cccs2)cs1. The molecule has 0 saturated heterocycles. The predicted molar refractivity (Wildman–Crippen MR) is 83.2 cm³/mol. The van der Waals surface area contributed by atoms with Crippen LogP contribution in [0.1, 0.15) is 17.5 Å². The minimum Gasteiger partial charge on any atom is -0.355 e. The van der Waals surface area contributed by atoms with E-state index in [1.165, 1.54) is 4.88 Å². The average molecular weight is 312 g/mol. The number of hydrogen-bond acceptors (Lipinski definition) is 5. The third kappa shape index (κ3) is 4.97. The number of hydrogen-bond donors (Lipinski definition) is 1. The van der Waals surface area contributed by atoms with E-state index in [-0.39, 0.29) is 5.91 Å². The predicted octanol–water partition coefficient (Wildman–Crippen LogP) is 3.22. The van der Waals surface area contributed by atoms with Crippen molar-refractivity contribution < 1.29 is 4.79 Å². The van der Waals surface area contributed by atoms with E-state index in [0.717, 1.165) is 22.2 Å². The third-order valence-electron chi connectivity index (χ3n) is 2.41. The monoisotopic (exact) mass is 312 g/mol. The Morgan fingerprint density at radius 2 is 2.37 bits per heavy atom. The molecule has 1 N–H and O–H groups in total. The molecule has 0 bridgehead atoms. The lowest BCUT2D eigenvalue weighted by atomic mass is 10.3. The topological polar surface area (TPSA) is 42.0 Å². The Morgan fingerprint density at radius 1 is 1.47 bits per heavy atom. The molecule has 0 radical (unpaired) electrons. The largest absolute Gasteiger partial charge is 0.355 e. The highest BCUT2D eigenvalue weighted by Gasteiger charge is 2.07. The minimum absolute atomic E-state index is 0.0508. The van der Waals surface area contributed by atoms with Crippen LogP contribution in [0, 0.1) is 0 Å². The number of thiazole rings is 1. The van der Waals surface area contributed by atoms with E-state index in [4.69, 9.17) is 0 Å². The Labute approximate surface area is 125 Å². The first kappa shape index (κ1) is 14.6. The number of rotatable bonds is 7. The zero-order chi connectivity index (χ0) is 13.5. The number of amides is 1. The van der Waals surface area contributed by atoms with Gasteiger partial charge in [-0.2, -0.15) is 0 Å². The van der Waals surface area contributed by atoms with E-state index in [1.54, 1.807) is 34.4 Å². The molecule has 0 fully saturated rings. The molecule has 1 amide bonds. The average Bonchev–Trinajstić information content (AvgIpc) is 3.02. The molecule has 0 spiro atoms. The molecule has 0 aliphatic heterocycles. The molecule has 102 valence electrons. The number of thioether (sulfide) groups is 1. The highest BCUT2D eigenvalue weighted by molar-refractivity contribution is 8.00. The first-order chi connectivity index (χ1) is 9.28. The Bertz CT molecular complexity index is 508.